The molecular formula is C25H19ClO8. The number of benzene rings is 3. The molecule has 0 radical (unpaired) electrons. The Morgan fingerprint density at radius 2 is 1.71 bits per heavy atom. The van der Waals surface area contributed by atoms with E-state index in [0.29, 0.717) is 11.1 Å². The van der Waals surface area contributed by atoms with E-state index in [9.17, 15) is 30.0 Å². The summed E-state index contributed by atoms with van der Waals surface area (Å²) in [4.78, 5) is 25.3. The lowest BCUT2D eigenvalue weighted by Crippen LogP contribution is -2.12. The van der Waals surface area contributed by atoms with Crippen LogP contribution in [-0.2, 0) is 9.53 Å². The van der Waals surface area contributed by atoms with Crippen molar-refractivity contribution >= 4 is 28.5 Å². The summed E-state index contributed by atoms with van der Waals surface area (Å²) >= 11 is 6.07. The zero-order valence-electron chi connectivity index (χ0n) is 17.8. The van der Waals surface area contributed by atoms with Crippen LogP contribution in [0, 0.1) is 0 Å². The Labute approximate surface area is 197 Å². The van der Waals surface area contributed by atoms with Crippen molar-refractivity contribution in [1.29, 1.82) is 0 Å². The molecule has 8 nitrogen and oxygen atoms in total. The van der Waals surface area contributed by atoms with Gasteiger partial charge in [-0.05, 0) is 17.7 Å². The van der Waals surface area contributed by atoms with Crippen molar-refractivity contribution in [3.05, 3.63) is 81.0 Å². The van der Waals surface area contributed by atoms with Crippen molar-refractivity contribution in [3.8, 4) is 34.3 Å². The number of ether oxygens (including phenoxy) is 1. The summed E-state index contributed by atoms with van der Waals surface area (Å²) in [5.41, 5.74) is -0.126. The quantitative estimate of drug-likeness (QED) is 0.238. The molecule has 0 amide bonds. The molecule has 0 aliphatic heterocycles. The molecule has 0 saturated heterocycles. The lowest BCUT2D eigenvalue weighted by atomic mass is 9.86. The predicted octanol–water partition coefficient (Wildman–Crippen LogP) is 4.63. The van der Waals surface area contributed by atoms with Gasteiger partial charge < -0.3 is 29.6 Å². The van der Waals surface area contributed by atoms with Crippen LogP contribution < -0.4 is 5.43 Å². The van der Waals surface area contributed by atoms with Gasteiger partial charge in [0.25, 0.3) is 0 Å². The van der Waals surface area contributed by atoms with Gasteiger partial charge in [-0.15, -0.1) is 0 Å². The minimum Gasteiger partial charge on any atom is -0.506 e. The van der Waals surface area contributed by atoms with Crippen LogP contribution >= 0.6 is 11.6 Å². The molecule has 0 spiro atoms. The minimum absolute atomic E-state index is 0.0226. The number of esters is 1. The molecular weight excluding hydrogens is 464 g/mol. The number of fused-ring (bicyclic) bond motifs is 1. The molecule has 0 aliphatic rings. The van der Waals surface area contributed by atoms with E-state index in [-0.39, 0.29) is 39.5 Å². The van der Waals surface area contributed by atoms with Gasteiger partial charge in [0.05, 0.1) is 18.6 Å². The maximum absolute atomic E-state index is 13.0. The van der Waals surface area contributed by atoms with Gasteiger partial charge in [0.1, 0.15) is 22.5 Å². The molecule has 4 N–H and O–H groups in total. The number of phenolic OH excluding ortho intramolecular Hbond substituents is 4. The molecule has 34 heavy (non-hydrogen) atoms. The van der Waals surface area contributed by atoms with Gasteiger partial charge in [-0.25, -0.2) is 0 Å². The summed E-state index contributed by atoms with van der Waals surface area (Å²) < 4.78 is 10.8. The van der Waals surface area contributed by atoms with Crippen molar-refractivity contribution in [2.75, 3.05) is 7.11 Å². The first-order chi connectivity index (χ1) is 16.2. The largest absolute Gasteiger partial charge is 0.506 e. The fraction of sp³-hybridized carbons (Fsp3) is 0.120. The number of rotatable bonds is 5. The first kappa shape index (κ1) is 23.0. The molecule has 0 fully saturated rings. The molecule has 0 aliphatic carbocycles. The monoisotopic (exact) mass is 482 g/mol. The summed E-state index contributed by atoms with van der Waals surface area (Å²) in [5.74, 6) is -4.35. The SMILES string of the molecule is COC(=O)CC(c1ccc(O)c(Cl)c1)c1c(O)c(O)c(O)c2c(=O)cc(-c3ccccc3)oc12. The Balaban J connectivity index is 2.10. The van der Waals surface area contributed by atoms with Gasteiger partial charge in [-0.2, -0.15) is 0 Å². The highest BCUT2D eigenvalue weighted by molar-refractivity contribution is 6.32. The van der Waals surface area contributed by atoms with Crippen LogP contribution in [0.5, 0.6) is 23.0 Å². The van der Waals surface area contributed by atoms with E-state index in [1.54, 1.807) is 30.3 Å². The molecule has 4 rings (SSSR count). The highest BCUT2D eigenvalue weighted by atomic mass is 35.5. The minimum atomic E-state index is -1.03. The summed E-state index contributed by atoms with van der Waals surface area (Å²) in [7, 11) is 1.18. The van der Waals surface area contributed by atoms with E-state index in [1.807, 2.05) is 0 Å². The van der Waals surface area contributed by atoms with Crippen molar-refractivity contribution in [2.45, 2.75) is 12.3 Å². The van der Waals surface area contributed by atoms with Crippen LogP contribution in [-0.4, -0.2) is 33.5 Å². The molecule has 3 aromatic carbocycles. The molecule has 1 atom stereocenters. The number of aromatic hydroxyl groups is 4. The van der Waals surface area contributed by atoms with Crippen LogP contribution in [0.4, 0.5) is 0 Å². The normalized spacial score (nSPS) is 11.9. The van der Waals surface area contributed by atoms with Crippen LogP contribution in [0.1, 0.15) is 23.5 Å². The molecule has 1 aromatic heterocycles. The predicted molar refractivity (Wildman–Crippen MR) is 125 cm³/mol. The third-order valence-corrected chi connectivity index (χ3v) is 5.81. The third kappa shape index (κ3) is 3.99. The fourth-order valence-corrected chi connectivity index (χ4v) is 4.01. The molecule has 1 unspecified atom stereocenters. The molecule has 4 aromatic rings. The number of carbonyl (C=O) groups is 1. The van der Waals surface area contributed by atoms with Crippen LogP contribution in [0.3, 0.4) is 0 Å². The van der Waals surface area contributed by atoms with Gasteiger partial charge >= 0.3 is 5.97 Å². The number of halogens is 1. The summed E-state index contributed by atoms with van der Waals surface area (Å²) in [5, 5.41) is 41.2. The Bertz CT molecular complexity index is 1460. The van der Waals surface area contributed by atoms with E-state index in [2.05, 4.69) is 0 Å². The highest BCUT2D eigenvalue weighted by Crippen LogP contribution is 2.49. The van der Waals surface area contributed by atoms with E-state index in [4.69, 9.17) is 20.8 Å². The van der Waals surface area contributed by atoms with E-state index in [1.165, 1.54) is 25.3 Å². The third-order valence-electron chi connectivity index (χ3n) is 5.51. The van der Waals surface area contributed by atoms with E-state index >= 15 is 0 Å². The number of phenols is 4. The molecule has 1 heterocycles. The van der Waals surface area contributed by atoms with E-state index < -0.39 is 34.6 Å². The Morgan fingerprint density at radius 1 is 1.00 bits per heavy atom. The number of hydrogen-bond donors (Lipinski definition) is 4. The van der Waals surface area contributed by atoms with Crippen molar-refractivity contribution in [3.63, 3.8) is 0 Å². The number of carbonyl (C=O) groups excluding carboxylic acids is 1. The average Bonchev–Trinajstić information content (AvgIpc) is 2.83. The maximum atomic E-state index is 13.0. The second-order valence-corrected chi connectivity index (χ2v) is 7.96. The van der Waals surface area contributed by atoms with Gasteiger partial charge in [0.2, 0.25) is 5.75 Å². The zero-order valence-corrected chi connectivity index (χ0v) is 18.5. The fourth-order valence-electron chi connectivity index (χ4n) is 3.82. The number of methoxy groups -OCH3 is 1. The smallest absolute Gasteiger partial charge is 0.306 e. The maximum Gasteiger partial charge on any atom is 0.306 e. The second-order valence-electron chi connectivity index (χ2n) is 7.55. The molecule has 174 valence electrons. The highest BCUT2D eigenvalue weighted by Gasteiger charge is 2.31. The van der Waals surface area contributed by atoms with Crippen molar-refractivity contribution in [2.24, 2.45) is 0 Å². The lowest BCUT2D eigenvalue weighted by molar-refractivity contribution is -0.140. The summed E-state index contributed by atoms with van der Waals surface area (Å²) in [6.07, 6.45) is -0.343. The lowest BCUT2D eigenvalue weighted by Gasteiger charge is -2.21. The first-order valence-electron chi connectivity index (χ1n) is 10.1. The average molecular weight is 483 g/mol. The van der Waals surface area contributed by atoms with Crippen LogP contribution in [0.25, 0.3) is 22.3 Å². The van der Waals surface area contributed by atoms with Gasteiger partial charge in [0, 0.05) is 23.1 Å². The topological polar surface area (TPSA) is 137 Å². The Morgan fingerprint density at radius 3 is 2.35 bits per heavy atom. The van der Waals surface area contributed by atoms with Crippen molar-refractivity contribution in [1.82, 2.24) is 0 Å². The zero-order chi connectivity index (χ0) is 24.6. The molecule has 9 heteroatoms. The van der Waals surface area contributed by atoms with E-state index in [0.717, 1.165) is 6.07 Å². The molecule has 0 bridgehead atoms. The van der Waals surface area contributed by atoms with Crippen LogP contribution in [0.2, 0.25) is 5.02 Å². The standard InChI is InChI=1S/C25H19ClO8/c1-33-19(29)10-14(13-7-8-16(27)15(26)9-13)20-22(30)24(32)23(31)21-17(28)11-18(34-25(20)21)12-5-3-2-4-6-12/h2-9,11,14,27,30-32H,10H2,1H3. The first-order valence-corrected chi connectivity index (χ1v) is 10.5. The Kier molecular flexibility index (Phi) is 6.08. The second kappa shape index (κ2) is 8.99. The number of hydrogen-bond acceptors (Lipinski definition) is 8. The van der Waals surface area contributed by atoms with Gasteiger partial charge in [-0.1, -0.05) is 48.0 Å². The van der Waals surface area contributed by atoms with Gasteiger partial charge in [-0.3, -0.25) is 9.59 Å². The summed E-state index contributed by atoms with van der Waals surface area (Å²) in [6, 6.07) is 14.0. The van der Waals surface area contributed by atoms with Crippen LogP contribution in [0.15, 0.2) is 63.8 Å². The van der Waals surface area contributed by atoms with Crippen molar-refractivity contribution < 1.29 is 34.4 Å². The molecule has 0 saturated carbocycles. The Hall–Kier alpha value is -4.17. The summed E-state index contributed by atoms with van der Waals surface area (Å²) in [6.45, 7) is 0. The van der Waals surface area contributed by atoms with Gasteiger partial charge in [0.15, 0.2) is 16.9 Å².